The molecule has 0 atom stereocenters. The molecule has 4 rings (SSSR count). The highest BCUT2D eigenvalue weighted by Crippen LogP contribution is 2.24. The van der Waals surface area contributed by atoms with Crippen LogP contribution in [0.5, 0.6) is 0 Å². The monoisotopic (exact) mass is 323 g/mol. The zero-order valence-electron chi connectivity index (χ0n) is 13.2. The standard InChI is InChI=1S/C16H17N7O/c1-23-16-12(8-19-23)15(18-9-13(24)20-11-2-3-11)21-14(22-16)10-4-6-17-7-5-10/h4-8,11H,2-3,9H2,1H3,(H,20,24)(H,18,21,22). The molecule has 3 aromatic heterocycles. The van der Waals surface area contributed by atoms with E-state index in [0.717, 1.165) is 23.8 Å². The van der Waals surface area contributed by atoms with E-state index in [0.29, 0.717) is 23.3 Å². The van der Waals surface area contributed by atoms with Gasteiger partial charge in [0, 0.05) is 31.0 Å². The number of fused-ring (bicyclic) bond motifs is 1. The summed E-state index contributed by atoms with van der Waals surface area (Å²) in [4.78, 5) is 25.1. The first-order chi connectivity index (χ1) is 11.7. The predicted octanol–water partition coefficient (Wildman–Crippen LogP) is 1.12. The molecule has 0 saturated heterocycles. The summed E-state index contributed by atoms with van der Waals surface area (Å²) in [6.07, 6.45) is 7.23. The molecule has 0 radical (unpaired) electrons. The number of carbonyl (C=O) groups is 1. The molecule has 0 aliphatic heterocycles. The molecule has 1 aliphatic rings. The van der Waals surface area contributed by atoms with Crippen molar-refractivity contribution in [2.75, 3.05) is 11.9 Å². The van der Waals surface area contributed by atoms with Crippen molar-refractivity contribution in [3.8, 4) is 11.4 Å². The van der Waals surface area contributed by atoms with E-state index in [2.05, 4.69) is 30.7 Å². The van der Waals surface area contributed by atoms with Crippen molar-refractivity contribution in [3.05, 3.63) is 30.7 Å². The molecule has 8 nitrogen and oxygen atoms in total. The Morgan fingerprint density at radius 3 is 2.83 bits per heavy atom. The lowest BCUT2D eigenvalue weighted by Gasteiger charge is -2.09. The molecular formula is C16H17N7O. The zero-order valence-corrected chi connectivity index (χ0v) is 13.2. The van der Waals surface area contributed by atoms with Crippen LogP contribution in [0.2, 0.25) is 0 Å². The van der Waals surface area contributed by atoms with Crippen molar-refractivity contribution in [2.45, 2.75) is 18.9 Å². The molecule has 1 saturated carbocycles. The van der Waals surface area contributed by atoms with Gasteiger partial charge >= 0.3 is 0 Å². The Bertz CT molecular complexity index is 886. The van der Waals surface area contributed by atoms with E-state index in [-0.39, 0.29) is 12.5 Å². The van der Waals surface area contributed by atoms with Gasteiger partial charge in [0.15, 0.2) is 11.5 Å². The van der Waals surface area contributed by atoms with Crippen LogP contribution in [-0.2, 0) is 11.8 Å². The molecule has 0 unspecified atom stereocenters. The Balaban J connectivity index is 1.66. The molecule has 0 aromatic carbocycles. The Labute approximate surface area is 138 Å². The molecule has 1 aliphatic carbocycles. The number of nitrogens with zero attached hydrogens (tertiary/aromatic N) is 5. The number of amides is 1. The van der Waals surface area contributed by atoms with Crippen molar-refractivity contribution in [1.82, 2.24) is 30.0 Å². The third-order valence-corrected chi connectivity index (χ3v) is 3.89. The van der Waals surface area contributed by atoms with Crippen LogP contribution in [0.25, 0.3) is 22.4 Å². The Morgan fingerprint density at radius 2 is 2.08 bits per heavy atom. The van der Waals surface area contributed by atoms with Crippen LogP contribution in [0.1, 0.15) is 12.8 Å². The van der Waals surface area contributed by atoms with Gasteiger partial charge in [0.2, 0.25) is 5.91 Å². The van der Waals surface area contributed by atoms with E-state index in [1.165, 1.54) is 0 Å². The van der Waals surface area contributed by atoms with Gasteiger partial charge in [-0.3, -0.25) is 14.5 Å². The van der Waals surface area contributed by atoms with E-state index in [9.17, 15) is 4.79 Å². The van der Waals surface area contributed by atoms with Crippen LogP contribution >= 0.6 is 0 Å². The van der Waals surface area contributed by atoms with Crippen LogP contribution in [-0.4, -0.2) is 43.2 Å². The van der Waals surface area contributed by atoms with Gasteiger partial charge in [0.05, 0.1) is 18.1 Å². The number of hydrogen-bond donors (Lipinski definition) is 2. The largest absolute Gasteiger partial charge is 0.360 e. The van der Waals surface area contributed by atoms with Crippen LogP contribution in [0.15, 0.2) is 30.7 Å². The number of hydrogen-bond acceptors (Lipinski definition) is 6. The van der Waals surface area contributed by atoms with Gasteiger partial charge in [0.1, 0.15) is 5.82 Å². The van der Waals surface area contributed by atoms with Gasteiger partial charge in [-0.25, -0.2) is 9.97 Å². The number of pyridine rings is 1. The third-order valence-electron chi connectivity index (χ3n) is 3.89. The van der Waals surface area contributed by atoms with Gasteiger partial charge in [-0.05, 0) is 25.0 Å². The average molecular weight is 323 g/mol. The number of nitrogens with one attached hydrogen (secondary N) is 2. The van der Waals surface area contributed by atoms with Crippen molar-refractivity contribution in [1.29, 1.82) is 0 Å². The fourth-order valence-corrected chi connectivity index (χ4v) is 2.46. The zero-order chi connectivity index (χ0) is 16.5. The Morgan fingerprint density at radius 1 is 1.29 bits per heavy atom. The molecule has 122 valence electrons. The van der Waals surface area contributed by atoms with E-state index in [1.807, 2.05) is 19.2 Å². The normalized spacial score (nSPS) is 13.9. The lowest BCUT2D eigenvalue weighted by molar-refractivity contribution is -0.119. The van der Waals surface area contributed by atoms with Crippen LogP contribution in [0.3, 0.4) is 0 Å². The Hall–Kier alpha value is -3.03. The van der Waals surface area contributed by atoms with E-state index in [1.54, 1.807) is 23.3 Å². The summed E-state index contributed by atoms with van der Waals surface area (Å²) in [7, 11) is 1.83. The lowest BCUT2D eigenvalue weighted by Crippen LogP contribution is -2.31. The maximum atomic E-state index is 11.9. The van der Waals surface area contributed by atoms with Gasteiger partial charge in [-0.2, -0.15) is 5.10 Å². The quantitative estimate of drug-likeness (QED) is 0.730. The highest BCUT2D eigenvalue weighted by molar-refractivity contribution is 5.90. The summed E-state index contributed by atoms with van der Waals surface area (Å²) < 4.78 is 1.69. The molecule has 2 N–H and O–H groups in total. The smallest absolute Gasteiger partial charge is 0.239 e. The van der Waals surface area contributed by atoms with Crippen molar-refractivity contribution in [3.63, 3.8) is 0 Å². The summed E-state index contributed by atoms with van der Waals surface area (Å²) in [5, 5.41) is 11.1. The van der Waals surface area contributed by atoms with Crippen LogP contribution in [0.4, 0.5) is 5.82 Å². The van der Waals surface area contributed by atoms with Gasteiger partial charge in [-0.15, -0.1) is 0 Å². The van der Waals surface area contributed by atoms with E-state index in [4.69, 9.17) is 0 Å². The summed E-state index contributed by atoms with van der Waals surface area (Å²) in [5.41, 5.74) is 1.57. The average Bonchev–Trinajstić information content (AvgIpc) is 3.34. The predicted molar refractivity (Wildman–Crippen MR) is 89.2 cm³/mol. The van der Waals surface area contributed by atoms with E-state index < -0.39 is 0 Å². The highest BCUT2D eigenvalue weighted by Gasteiger charge is 2.23. The van der Waals surface area contributed by atoms with Crippen molar-refractivity contribution >= 4 is 22.8 Å². The summed E-state index contributed by atoms with van der Waals surface area (Å²) in [6.45, 7) is 0.174. The SMILES string of the molecule is Cn1ncc2c(NCC(=O)NC3CC3)nc(-c3ccncc3)nc21. The summed E-state index contributed by atoms with van der Waals surface area (Å²) in [6, 6.07) is 4.04. The number of rotatable bonds is 5. The second-order valence-electron chi connectivity index (χ2n) is 5.83. The minimum absolute atomic E-state index is 0.0291. The second kappa shape index (κ2) is 5.88. The number of anilines is 1. The fraction of sp³-hybridized carbons (Fsp3) is 0.312. The number of aryl methyl sites for hydroxylation is 1. The van der Waals surface area contributed by atoms with Crippen molar-refractivity contribution < 1.29 is 4.79 Å². The molecule has 1 amide bonds. The van der Waals surface area contributed by atoms with Crippen molar-refractivity contribution in [2.24, 2.45) is 7.05 Å². The molecule has 0 bridgehead atoms. The van der Waals surface area contributed by atoms with Gasteiger partial charge < -0.3 is 10.6 Å². The molecule has 24 heavy (non-hydrogen) atoms. The lowest BCUT2D eigenvalue weighted by atomic mass is 10.2. The molecule has 8 heteroatoms. The topological polar surface area (TPSA) is 97.6 Å². The van der Waals surface area contributed by atoms with Crippen LogP contribution < -0.4 is 10.6 Å². The maximum absolute atomic E-state index is 11.9. The first kappa shape index (κ1) is 14.6. The fourth-order valence-electron chi connectivity index (χ4n) is 2.46. The maximum Gasteiger partial charge on any atom is 0.239 e. The second-order valence-corrected chi connectivity index (χ2v) is 5.83. The highest BCUT2D eigenvalue weighted by atomic mass is 16.2. The number of aromatic nitrogens is 5. The Kier molecular flexibility index (Phi) is 3.56. The molecule has 1 fully saturated rings. The minimum atomic E-state index is -0.0291. The summed E-state index contributed by atoms with van der Waals surface area (Å²) in [5.74, 6) is 1.14. The minimum Gasteiger partial charge on any atom is -0.360 e. The first-order valence-corrected chi connectivity index (χ1v) is 7.84. The third kappa shape index (κ3) is 2.90. The van der Waals surface area contributed by atoms with Crippen LogP contribution in [0, 0.1) is 0 Å². The molecule has 0 spiro atoms. The summed E-state index contributed by atoms with van der Waals surface area (Å²) >= 11 is 0. The molecular weight excluding hydrogens is 306 g/mol. The first-order valence-electron chi connectivity index (χ1n) is 7.84. The van der Waals surface area contributed by atoms with Gasteiger partial charge in [0.25, 0.3) is 0 Å². The molecule has 3 heterocycles. The molecule has 3 aromatic rings. The van der Waals surface area contributed by atoms with Gasteiger partial charge in [-0.1, -0.05) is 0 Å². The number of carbonyl (C=O) groups excluding carboxylic acids is 1. The van der Waals surface area contributed by atoms with E-state index >= 15 is 0 Å².